The van der Waals surface area contributed by atoms with Gasteiger partial charge in [-0.15, -0.1) is 23.4 Å². The summed E-state index contributed by atoms with van der Waals surface area (Å²) < 4.78 is 0. The van der Waals surface area contributed by atoms with Gasteiger partial charge in [0.15, 0.2) is 0 Å². The first-order valence-electron chi connectivity index (χ1n) is 3.48. The molecule has 2 atom stereocenters. The molecular formula is C6H10ClNO3S. The Labute approximate surface area is 79.5 Å². The summed E-state index contributed by atoms with van der Waals surface area (Å²) in [5.74, 6) is 1.13. The largest absolute Gasteiger partial charge is 0.465 e. The average Bonchev–Trinajstić information content (AvgIpc) is 2.50. The first-order chi connectivity index (χ1) is 5.66. The number of alkyl halides is 1. The van der Waals surface area contributed by atoms with E-state index in [0.29, 0.717) is 11.6 Å². The second-order valence-corrected chi connectivity index (χ2v) is 3.85. The first-order valence-corrected chi connectivity index (χ1v) is 5.17. The highest BCUT2D eigenvalue weighted by atomic mass is 35.5. The number of hydrogen-bond donors (Lipinski definition) is 2. The minimum atomic E-state index is -0.992. The van der Waals surface area contributed by atoms with E-state index in [0.717, 1.165) is 0 Å². The molecule has 70 valence electrons. The topological polar surface area (TPSA) is 60.8 Å². The van der Waals surface area contributed by atoms with Crippen molar-refractivity contribution >= 4 is 29.5 Å². The smallest absolute Gasteiger partial charge is 0.408 e. The number of aliphatic hydroxyl groups is 1. The molecule has 1 aliphatic heterocycles. The van der Waals surface area contributed by atoms with Crippen LogP contribution in [0.25, 0.3) is 0 Å². The van der Waals surface area contributed by atoms with E-state index in [2.05, 4.69) is 0 Å². The van der Waals surface area contributed by atoms with Gasteiger partial charge in [-0.1, -0.05) is 0 Å². The zero-order valence-corrected chi connectivity index (χ0v) is 7.88. The lowest BCUT2D eigenvalue weighted by Crippen LogP contribution is -2.44. The van der Waals surface area contributed by atoms with E-state index in [-0.39, 0.29) is 11.9 Å². The van der Waals surface area contributed by atoms with Crippen LogP contribution in [-0.4, -0.2) is 50.9 Å². The monoisotopic (exact) mass is 211 g/mol. The van der Waals surface area contributed by atoms with E-state index in [9.17, 15) is 9.90 Å². The predicted octanol–water partition coefficient (Wildman–Crippen LogP) is 0.639. The van der Waals surface area contributed by atoms with Crippen molar-refractivity contribution in [1.29, 1.82) is 0 Å². The number of halogens is 1. The zero-order chi connectivity index (χ0) is 9.14. The van der Waals surface area contributed by atoms with Crippen molar-refractivity contribution in [1.82, 2.24) is 4.90 Å². The van der Waals surface area contributed by atoms with Crippen LogP contribution in [0, 0.1) is 0 Å². The molecule has 0 radical (unpaired) electrons. The minimum Gasteiger partial charge on any atom is -0.465 e. The molecule has 1 aliphatic rings. The number of carboxylic acid groups (broad SMARTS) is 1. The van der Waals surface area contributed by atoms with Crippen LogP contribution < -0.4 is 0 Å². The standard InChI is InChI=1S/C6H10ClNO3S/c7-1-5(9)4-2-12-3-8(4)6(10)11/h4-5,9H,1-3H2,(H,10,11). The van der Waals surface area contributed by atoms with Gasteiger partial charge >= 0.3 is 6.09 Å². The Morgan fingerprint density at radius 2 is 2.50 bits per heavy atom. The van der Waals surface area contributed by atoms with E-state index >= 15 is 0 Å². The van der Waals surface area contributed by atoms with Gasteiger partial charge in [0.2, 0.25) is 0 Å². The maximum atomic E-state index is 10.6. The van der Waals surface area contributed by atoms with Crippen LogP contribution in [0.15, 0.2) is 0 Å². The molecule has 1 rings (SSSR count). The number of thioether (sulfide) groups is 1. The van der Waals surface area contributed by atoms with Crippen LogP contribution in [0.4, 0.5) is 4.79 Å². The molecule has 12 heavy (non-hydrogen) atoms. The number of amides is 1. The number of hydrogen-bond acceptors (Lipinski definition) is 3. The van der Waals surface area contributed by atoms with Crippen molar-refractivity contribution in [3.63, 3.8) is 0 Å². The quantitative estimate of drug-likeness (QED) is 0.659. The molecule has 0 saturated carbocycles. The highest BCUT2D eigenvalue weighted by Crippen LogP contribution is 2.23. The van der Waals surface area contributed by atoms with Crippen molar-refractivity contribution in [2.75, 3.05) is 17.5 Å². The third-order valence-electron chi connectivity index (χ3n) is 1.77. The summed E-state index contributed by atoms with van der Waals surface area (Å²) in [7, 11) is 0. The number of aliphatic hydroxyl groups excluding tert-OH is 1. The summed E-state index contributed by atoms with van der Waals surface area (Å²) in [5, 5.41) is 18.0. The lowest BCUT2D eigenvalue weighted by Gasteiger charge is -2.23. The number of nitrogens with zero attached hydrogens (tertiary/aromatic N) is 1. The molecular weight excluding hydrogens is 202 g/mol. The van der Waals surface area contributed by atoms with E-state index in [1.54, 1.807) is 0 Å². The maximum Gasteiger partial charge on any atom is 0.408 e. The summed E-state index contributed by atoms with van der Waals surface area (Å²) in [6, 6.07) is -0.343. The van der Waals surface area contributed by atoms with Crippen LogP contribution in [-0.2, 0) is 0 Å². The third-order valence-corrected chi connectivity index (χ3v) is 3.12. The molecule has 2 unspecified atom stereocenters. The lowest BCUT2D eigenvalue weighted by molar-refractivity contribution is 0.0841. The Bertz CT molecular complexity index is 180. The summed E-state index contributed by atoms with van der Waals surface area (Å²) in [6.45, 7) is 0. The lowest BCUT2D eigenvalue weighted by atomic mass is 10.2. The fraction of sp³-hybridized carbons (Fsp3) is 0.833. The van der Waals surface area contributed by atoms with E-state index < -0.39 is 12.2 Å². The molecule has 1 amide bonds. The van der Waals surface area contributed by atoms with E-state index in [1.807, 2.05) is 0 Å². The predicted molar refractivity (Wildman–Crippen MR) is 47.7 cm³/mol. The molecule has 1 fully saturated rings. The number of carbonyl (C=O) groups is 1. The molecule has 0 aromatic rings. The van der Waals surface area contributed by atoms with Gasteiger partial charge in [0.25, 0.3) is 0 Å². The fourth-order valence-corrected chi connectivity index (χ4v) is 2.53. The van der Waals surface area contributed by atoms with Gasteiger partial charge in [-0.25, -0.2) is 4.79 Å². The van der Waals surface area contributed by atoms with E-state index in [1.165, 1.54) is 16.7 Å². The molecule has 0 aromatic heterocycles. The molecule has 0 aromatic carbocycles. The van der Waals surface area contributed by atoms with Crippen molar-refractivity contribution in [2.24, 2.45) is 0 Å². The molecule has 2 N–H and O–H groups in total. The molecule has 0 bridgehead atoms. The van der Waals surface area contributed by atoms with Crippen LogP contribution in [0.5, 0.6) is 0 Å². The van der Waals surface area contributed by atoms with Gasteiger partial charge in [0, 0.05) is 5.75 Å². The maximum absolute atomic E-state index is 10.6. The van der Waals surface area contributed by atoms with Gasteiger partial charge < -0.3 is 10.2 Å². The number of rotatable bonds is 2. The second kappa shape index (κ2) is 4.20. The third kappa shape index (κ3) is 1.97. The van der Waals surface area contributed by atoms with Gasteiger partial charge in [0.05, 0.1) is 23.9 Å². The van der Waals surface area contributed by atoms with Gasteiger partial charge in [-0.3, -0.25) is 4.90 Å². The highest BCUT2D eigenvalue weighted by Gasteiger charge is 2.33. The van der Waals surface area contributed by atoms with Crippen LogP contribution in [0.1, 0.15) is 0 Å². The Kier molecular flexibility index (Phi) is 3.49. The molecule has 1 saturated heterocycles. The molecule has 1 heterocycles. The zero-order valence-electron chi connectivity index (χ0n) is 6.31. The summed E-state index contributed by atoms with van der Waals surface area (Å²) in [5.41, 5.74) is 0. The van der Waals surface area contributed by atoms with Crippen LogP contribution in [0.2, 0.25) is 0 Å². The highest BCUT2D eigenvalue weighted by molar-refractivity contribution is 7.99. The minimum absolute atomic E-state index is 0.0784. The Morgan fingerprint density at radius 1 is 1.83 bits per heavy atom. The van der Waals surface area contributed by atoms with Crippen molar-refractivity contribution in [3.8, 4) is 0 Å². The van der Waals surface area contributed by atoms with Gasteiger partial charge in [-0.05, 0) is 0 Å². The van der Waals surface area contributed by atoms with Gasteiger partial charge in [-0.2, -0.15) is 0 Å². The molecule has 0 aliphatic carbocycles. The molecule has 4 nitrogen and oxygen atoms in total. The Hall–Kier alpha value is -0.130. The Morgan fingerprint density at radius 3 is 3.00 bits per heavy atom. The normalized spacial score (nSPS) is 25.8. The first kappa shape index (κ1) is 9.95. The average molecular weight is 212 g/mol. The summed E-state index contributed by atoms with van der Waals surface area (Å²) >= 11 is 6.91. The van der Waals surface area contributed by atoms with Crippen molar-refractivity contribution in [2.45, 2.75) is 12.1 Å². The molecule has 6 heteroatoms. The van der Waals surface area contributed by atoms with Crippen LogP contribution >= 0.6 is 23.4 Å². The Balaban J connectivity index is 2.57. The fourth-order valence-electron chi connectivity index (χ4n) is 1.08. The van der Waals surface area contributed by atoms with Crippen molar-refractivity contribution in [3.05, 3.63) is 0 Å². The van der Waals surface area contributed by atoms with Crippen molar-refractivity contribution < 1.29 is 15.0 Å². The molecule has 0 spiro atoms. The summed E-state index contributed by atoms with van der Waals surface area (Å²) in [4.78, 5) is 11.8. The van der Waals surface area contributed by atoms with Crippen LogP contribution in [0.3, 0.4) is 0 Å². The summed E-state index contributed by atoms with van der Waals surface area (Å²) in [6.07, 6.45) is -1.74. The van der Waals surface area contributed by atoms with Gasteiger partial charge in [0.1, 0.15) is 0 Å². The van der Waals surface area contributed by atoms with E-state index in [4.69, 9.17) is 16.7 Å². The second-order valence-electron chi connectivity index (χ2n) is 2.54. The SMILES string of the molecule is O=C(O)N1CSCC1C(O)CCl.